The maximum absolute atomic E-state index is 12.6. The van der Waals surface area contributed by atoms with Crippen LogP contribution in [0.4, 0.5) is 0 Å². The van der Waals surface area contributed by atoms with Gasteiger partial charge in [-0.25, -0.2) is 0 Å². The molecule has 0 aromatic heterocycles. The third-order valence-electron chi connectivity index (χ3n) is 4.21. The molecule has 1 aliphatic heterocycles. The molecule has 1 N–H and O–H groups in total. The van der Waals surface area contributed by atoms with Crippen molar-refractivity contribution in [3.63, 3.8) is 0 Å². The molecule has 5 nitrogen and oxygen atoms in total. The number of nitrogens with zero attached hydrogens (tertiary/aromatic N) is 1. The van der Waals surface area contributed by atoms with Crippen LogP contribution in [0.3, 0.4) is 0 Å². The molecule has 0 spiro atoms. The highest BCUT2D eigenvalue weighted by Crippen LogP contribution is 2.28. The van der Waals surface area contributed by atoms with E-state index < -0.39 is 17.8 Å². The summed E-state index contributed by atoms with van der Waals surface area (Å²) in [6.07, 6.45) is 6.89. The van der Waals surface area contributed by atoms with Gasteiger partial charge >= 0.3 is 5.97 Å². The van der Waals surface area contributed by atoms with Gasteiger partial charge < -0.3 is 14.7 Å². The molecule has 3 unspecified atom stereocenters. The second-order valence-electron chi connectivity index (χ2n) is 5.51. The van der Waals surface area contributed by atoms with Crippen molar-refractivity contribution < 1.29 is 19.4 Å². The van der Waals surface area contributed by atoms with E-state index in [4.69, 9.17) is 4.74 Å². The molecule has 1 aliphatic carbocycles. The zero-order valence-electron chi connectivity index (χ0n) is 12.0. The Bertz CT molecular complexity index is 387. The van der Waals surface area contributed by atoms with Gasteiger partial charge in [0, 0.05) is 19.7 Å². The van der Waals surface area contributed by atoms with Crippen LogP contribution in [-0.4, -0.2) is 47.7 Å². The Balaban J connectivity index is 2.02. The largest absolute Gasteiger partial charge is 0.481 e. The van der Waals surface area contributed by atoms with Gasteiger partial charge in [0.1, 0.15) is 0 Å². The molecule has 0 aromatic rings. The molecule has 0 radical (unpaired) electrons. The van der Waals surface area contributed by atoms with Crippen LogP contribution in [0.1, 0.15) is 32.6 Å². The van der Waals surface area contributed by atoms with Crippen LogP contribution < -0.4 is 0 Å². The lowest BCUT2D eigenvalue weighted by Crippen LogP contribution is -2.44. The number of carboxylic acid groups (broad SMARTS) is 1. The van der Waals surface area contributed by atoms with Crippen molar-refractivity contribution in [1.29, 1.82) is 0 Å². The molecule has 1 fully saturated rings. The molecule has 3 atom stereocenters. The maximum atomic E-state index is 12.6. The fourth-order valence-corrected chi connectivity index (χ4v) is 3.00. The highest BCUT2D eigenvalue weighted by molar-refractivity contribution is 5.85. The molecule has 2 aliphatic rings. The Morgan fingerprint density at radius 3 is 2.55 bits per heavy atom. The van der Waals surface area contributed by atoms with Gasteiger partial charge in [0.15, 0.2) is 0 Å². The fourth-order valence-electron chi connectivity index (χ4n) is 3.00. The van der Waals surface area contributed by atoms with Crippen LogP contribution in [0.25, 0.3) is 0 Å². The van der Waals surface area contributed by atoms with E-state index in [0.717, 1.165) is 19.4 Å². The van der Waals surface area contributed by atoms with Gasteiger partial charge in [-0.05, 0) is 32.6 Å². The third kappa shape index (κ3) is 3.39. The summed E-state index contributed by atoms with van der Waals surface area (Å²) in [5, 5.41) is 9.27. The topological polar surface area (TPSA) is 66.8 Å². The average molecular weight is 281 g/mol. The highest BCUT2D eigenvalue weighted by Gasteiger charge is 2.36. The van der Waals surface area contributed by atoms with Crippen molar-refractivity contribution in [2.45, 2.75) is 38.7 Å². The zero-order valence-corrected chi connectivity index (χ0v) is 12.0. The Hall–Kier alpha value is -1.36. The molecule has 1 amide bonds. The normalized spacial score (nSPS) is 29.4. The van der Waals surface area contributed by atoms with Crippen LogP contribution >= 0.6 is 0 Å². The van der Waals surface area contributed by atoms with Gasteiger partial charge in [-0.2, -0.15) is 0 Å². The maximum Gasteiger partial charge on any atom is 0.307 e. The quantitative estimate of drug-likeness (QED) is 0.779. The lowest BCUT2D eigenvalue weighted by atomic mass is 9.82. The first-order valence-electron chi connectivity index (χ1n) is 7.41. The van der Waals surface area contributed by atoms with Gasteiger partial charge in [0.05, 0.1) is 17.9 Å². The van der Waals surface area contributed by atoms with Crippen LogP contribution in [0.5, 0.6) is 0 Å². The minimum Gasteiger partial charge on any atom is -0.481 e. The predicted molar refractivity (Wildman–Crippen MR) is 74.2 cm³/mol. The summed E-state index contributed by atoms with van der Waals surface area (Å²) >= 11 is 0. The Morgan fingerprint density at radius 1 is 1.30 bits per heavy atom. The monoisotopic (exact) mass is 281 g/mol. The lowest BCUT2D eigenvalue weighted by molar-refractivity contribution is -0.151. The zero-order chi connectivity index (χ0) is 14.5. The number of aliphatic carboxylic acids is 1. The number of likely N-dealkylation sites (N-methyl/N-ethyl adjacent to an activating group) is 1. The summed E-state index contributed by atoms with van der Waals surface area (Å²) in [7, 11) is 0. The van der Waals surface area contributed by atoms with E-state index >= 15 is 0 Å². The lowest BCUT2D eigenvalue weighted by Gasteiger charge is -2.31. The Kier molecular flexibility index (Phi) is 5.17. The van der Waals surface area contributed by atoms with E-state index in [0.29, 0.717) is 25.9 Å². The number of carbonyl (C=O) groups is 2. The standard InChI is InChI=1S/C15H23NO4/c1-2-16(10-11-6-5-9-20-11)14(17)12-7-3-4-8-13(12)15(18)19/h3-4,11-13H,2,5-10H2,1H3,(H,18,19). The SMILES string of the molecule is CCN(CC1CCCO1)C(=O)C1CC=CCC1C(=O)O. The number of hydrogen-bond acceptors (Lipinski definition) is 3. The Morgan fingerprint density at radius 2 is 2.00 bits per heavy atom. The van der Waals surface area contributed by atoms with E-state index in [1.54, 1.807) is 4.90 Å². The number of amides is 1. The average Bonchev–Trinajstić information content (AvgIpc) is 2.97. The third-order valence-corrected chi connectivity index (χ3v) is 4.21. The molecule has 5 heteroatoms. The van der Waals surface area contributed by atoms with Crippen LogP contribution in [0.2, 0.25) is 0 Å². The van der Waals surface area contributed by atoms with Crippen molar-refractivity contribution in [2.75, 3.05) is 19.7 Å². The molecule has 1 heterocycles. The summed E-state index contributed by atoms with van der Waals surface area (Å²) in [5.41, 5.74) is 0. The van der Waals surface area contributed by atoms with Gasteiger partial charge in [0.2, 0.25) is 5.91 Å². The van der Waals surface area contributed by atoms with Gasteiger partial charge in [-0.3, -0.25) is 9.59 Å². The Labute approximate surface area is 119 Å². The first-order valence-corrected chi connectivity index (χ1v) is 7.41. The summed E-state index contributed by atoms with van der Waals surface area (Å²) in [5.74, 6) is -1.94. The number of hydrogen-bond donors (Lipinski definition) is 1. The summed E-state index contributed by atoms with van der Waals surface area (Å²) in [6, 6.07) is 0. The molecular formula is C15H23NO4. The smallest absolute Gasteiger partial charge is 0.307 e. The van der Waals surface area contributed by atoms with E-state index in [2.05, 4.69) is 0 Å². The number of carbonyl (C=O) groups excluding carboxylic acids is 1. The van der Waals surface area contributed by atoms with Crippen LogP contribution in [0, 0.1) is 11.8 Å². The van der Waals surface area contributed by atoms with Gasteiger partial charge in [-0.15, -0.1) is 0 Å². The summed E-state index contributed by atoms with van der Waals surface area (Å²) in [4.78, 5) is 25.7. The molecular weight excluding hydrogens is 258 g/mol. The molecule has 2 rings (SSSR count). The minimum absolute atomic E-state index is 0.0419. The van der Waals surface area contributed by atoms with Crippen molar-refractivity contribution in [1.82, 2.24) is 4.90 Å². The highest BCUT2D eigenvalue weighted by atomic mass is 16.5. The summed E-state index contributed by atoms with van der Waals surface area (Å²) in [6.45, 7) is 3.88. The molecule has 20 heavy (non-hydrogen) atoms. The minimum atomic E-state index is -0.874. The first-order chi connectivity index (χ1) is 9.63. The van der Waals surface area contributed by atoms with Gasteiger partial charge in [0.25, 0.3) is 0 Å². The number of carboxylic acids is 1. The molecule has 1 saturated heterocycles. The molecule has 0 bridgehead atoms. The van der Waals surface area contributed by atoms with Crippen LogP contribution in [-0.2, 0) is 14.3 Å². The molecule has 0 saturated carbocycles. The molecule has 0 aromatic carbocycles. The second kappa shape index (κ2) is 6.88. The van der Waals surface area contributed by atoms with Crippen molar-refractivity contribution in [2.24, 2.45) is 11.8 Å². The number of ether oxygens (including phenoxy) is 1. The first kappa shape index (κ1) is 15.0. The predicted octanol–water partition coefficient (Wildman–Crippen LogP) is 1.68. The summed E-state index contributed by atoms with van der Waals surface area (Å²) < 4.78 is 5.57. The molecule has 112 valence electrons. The van der Waals surface area contributed by atoms with E-state index in [9.17, 15) is 14.7 Å². The number of rotatable bonds is 5. The number of allylic oxidation sites excluding steroid dienone is 2. The van der Waals surface area contributed by atoms with Gasteiger partial charge in [-0.1, -0.05) is 12.2 Å². The van der Waals surface area contributed by atoms with E-state index in [1.807, 2.05) is 19.1 Å². The fraction of sp³-hybridized carbons (Fsp3) is 0.733. The van der Waals surface area contributed by atoms with Crippen molar-refractivity contribution in [3.05, 3.63) is 12.2 Å². The van der Waals surface area contributed by atoms with E-state index in [1.165, 1.54) is 0 Å². The van der Waals surface area contributed by atoms with Crippen molar-refractivity contribution >= 4 is 11.9 Å². The second-order valence-corrected chi connectivity index (χ2v) is 5.51. The van der Waals surface area contributed by atoms with Crippen molar-refractivity contribution in [3.8, 4) is 0 Å². The van der Waals surface area contributed by atoms with E-state index in [-0.39, 0.29) is 12.0 Å². The van der Waals surface area contributed by atoms with Crippen LogP contribution in [0.15, 0.2) is 12.2 Å².